The summed E-state index contributed by atoms with van der Waals surface area (Å²) in [6.45, 7) is 3.66. The number of nitrogens with one attached hydrogen (secondary N) is 1. The van der Waals surface area contributed by atoms with Crippen LogP contribution in [0.2, 0.25) is 0 Å². The monoisotopic (exact) mass is 274 g/mol. The minimum absolute atomic E-state index is 0.0346. The van der Waals surface area contributed by atoms with E-state index in [0.29, 0.717) is 11.5 Å². The normalized spacial score (nSPS) is 12.1. The molecule has 1 atom stereocenters. The van der Waals surface area contributed by atoms with E-state index < -0.39 is 0 Å². The van der Waals surface area contributed by atoms with Crippen LogP contribution in [0.1, 0.15) is 35.2 Å². The van der Waals surface area contributed by atoms with Gasteiger partial charge in [0.15, 0.2) is 12.1 Å². The van der Waals surface area contributed by atoms with E-state index in [1.807, 2.05) is 19.1 Å². The summed E-state index contributed by atoms with van der Waals surface area (Å²) in [6.07, 6.45) is 2.91. The van der Waals surface area contributed by atoms with Gasteiger partial charge in [-0.05, 0) is 44.4 Å². The van der Waals surface area contributed by atoms with Gasteiger partial charge in [-0.3, -0.25) is 4.79 Å². The van der Waals surface area contributed by atoms with Gasteiger partial charge in [0.1, 0.15) is 11.5 Å². The second-order valence-corrected chi connectivity index (χ2v) is 4.84. The molecule has 5 heteroatoms. The highest BCUT2D eigenvalue weighted by molar-refractivity contribution is 5.93. The molecule has 1 aromatic heterocycles. The summed E-state index contributed by atoms with van der Waals surface area (Å²) >= 11 is 0. The van der Waals surface area contributed by atoms with Crippen molar-refractivity contribution < 1.29 is 14.3 Å². The van der Waals surface area contributed by atoms with E-state index >= 15 is 0 Å². The maximum absolute atomic E-state index is 11.9. The summed E-state index contributed by atoms with van der Waals surface area (Å²) in [7, 11) is 0. The molecule has 0 unspecified atom stereocenters. The summed E-state index contributed by atoms with van der Waals surface area (Å²) in [6, 6.07) is 7.12. The van der Waals surface area contributed by atoms with Crippen LogP contribution in [0.5, 0.6) is 5.75 Å². The van der Waals surface area contributed by atoms with Crippen LogP contribution in [-0.2, 0) is 6.42 Å². The number of carbonyl (C=O) groups is 1. The van der Waals surface area contributed by atoms with E-state index in [1.54, 1.807) is 19.1 Å². The summed E-state index contributed by atoms with van der Waals surface area (Å²) in [5.41, 5.74) is 1.46. The number of benzene rings is 1. The number of hydrogen-bond acceptors (Lipinski definition) is 4. The highest BCUT2D eigenvalue weighted by atomic mass is 16.3. The fourth-order valence-corrected chi connectivity index (χ4v) is 1.93. The second-order valence-electron chi connectivity index (χ2n) is 4.84. The molecule has 20 heavy (non-hydrogen) atoms. The molecule has 1 heterocycles. The average molecular weight is 274 g/mol. The Balaban J connectivity index is 1.83. The molecule has 1 amide bonds. The summed E-state index contributed by atoms with van der Waals surface area (Å²) in [5.74, 6) is 0.569. The predicted octanol–water partition coefficient (Wildman–Crippen LogP) is 2.44. The van der Waals surface area contributed by atoms with Crippen molar-refractivity contribution in [2.75, 3.05) is 0 Å². The van der Waals surface area contributed by atoms with Gasteiger partial charge in [0.2, 0.25) is 0 Å². The fourth-order valence-electron chi connectivity index (χ4n) is 1.93. The Kier molecular flexibility index (Phi) is 4.40. The molecular weight excluding hydrogens is 256 g/mol. The highest BCUT2D eigenvalue weighted by Gasteiger charge is 2.15. The maximum Gasteiger partial charge on any atom is 0.273 e. The number of phenols is 1. The lowest BCUT2D eigenvalue weighted by Crippen LogP contribution is -2.33. The van der Waals surface area contributed by atoms with Gasteiger partial charge in [0.05, 0.1) is 0 Å². The van der Waals surface area contributed by atoms with E-state index in [-0.39, 0.29) is 17.7 Å². The first kappa shape index (κ1) is 14.1. The Morgan fingerprint density at radius 2 is 2.10 bits per heavy atom. The topological polar surface area (TPSA) is 75.4 Å². The third kappa shape index (κ3) is 3.60. The van der Waals surface area contributed by atoms with Crippen molar-refractivity contribution in [1.82, 2.24) is 10.3 Å². The lowest BCUT2D eigenvalue weighted by molar-refractivity contribution is 0.0932. The molecule has 0 saturated heterocycles. The molecule has 0 bridgehead atoms. The predicted molar refractivity (Wildman–Crippen MR) is 74.6 cm³/mol. The van der Waals surface area contributed by atoms with Gasteiger partial charge in [0.25, 0.3) is 5.91 Å². The van der Waals surface area contributed by atoms with Crippen molar-refractivity contribution in [3.63, 3.8) is 0 Å². The van der Waals surface area contributed by atoms with Crippen LogP contribution in [-0.4, -0.2) is 22.0 Å². The zero-order chi connectivity index (χ0) is 14.5. The average Bonchev–Trinajstić information content (AvgIpc) is 2.84. The van der Waals surface area contributed by atoms with Gasteiger partial charge >= 0.3 is 0 Å². The van der Waals surface area contributed by atoms with E-state index in [0.717, 1.165) is 18.4 Å². The van der Waals surface area contributed by atoms with Gasteiger partial charge in [0, 0.05) is 6.04 Å². The minimum atomic E-state index is -0.213. The molecule has 0 spiro atoms. The third-order valence-electron chi connectivity index (χ3n) is 3.14. The first-order valence-electron chi connectivity index (χ1n) is 6.55. The summed E-state index contributed by atoms with van der Waals surface area (Å²) in [5, 5.41) is 12.1. The number of phenolic OH excluding ortho intramolecular Hbond substituents is 1. The molecule has 0 aliphatic heterocycles. The molecule has 0 radical (unpaired) electrons. The van der Waals surface area contributed by atoms with Crippen molar-refractivity contribution in [1.29, 1.82) is 0 Å². The largest absolute Gasteiger partial charge is 0.508 e. The van der Waals surface area contributed by atoms with Crippen LogP contribution in [0.4, 0.5) is 0 Å². The van der Waals surface area contributed by atoms with Crippen molar-refractivity contribution in [2.24, 2.45) is 0 Å². The van der Waals surface area contributed by atoms with Crippen LogP contribution in [0, 0.1) is 6.92 Å². The Bertz CT molecular complexity index is 575. The zero-order valence-electron chi connectivity index (χ0n) is 11.6. The van der Waals surface area contributed by atoms with Gasteiger partial charge < -0.3 is 14.8 Å². The van der Waals surface area contributed by atoms with E-state index in [4.69, 9.17) is 4.42 Å². The number of aromatic hydroxyl groups is 1. The highest BCUT2D eigenvalue weighted by Crippen LogP contribution is 2.12. The van der Waals surface area contributed by atoms with Crippen LogP contribution < -0.4 is 5.32 Å². The number of nitrogens with zero attached hydrogens (tertiary/aromatic N) is 1. The quantitative estimate of drug-likeness (QED) is 0.878. The molecule has 0 fully saturated rings. The Hall–Kier alpha value is -2.30. The fraction of sp³-hybridized carbons (Fsp3) is 0.333. The number of carbonyl (C=O) groups excluding carboxylic acids is 1. The lowest BCUT2D eigenvalue weighted by Gasteiger charge is -2.13. The Labute approximate surface area is 117 Å². The molecule has 106 valence electrons. The van der Waals surface area contributed by atoms with Crippen LogP contribution >= 0.6 is 0 Å². The Morgan fingerprint density at radius 3 is 2.70 bits per heavy atom. The second kappa shape index (κ2) is 6.23. The Morgan fingerprint density at radius 1 is 1.40 bits per heavy atom. The van der Waals surface area contributed by atoms with Gasteiger partial charge in [-0.25, -0.2) is 4.98 Å². The van der Waals surface area contributed by atoms with E-state index in [2.05, 4.69) is 10.3 Å². The molecular formula is C15H18N2O3. The minimum Gasteiger partial charge on any atom is -0.508 e. The molecule has 5 nitrogen and oxygen atoms in total. The number of aromatic nitrogens is 1. The van der Waals surface area contributed by atoms with Gasteiger partial charge in [-0.15, -0.1) is 0 Å². The summed E-state index contributed by atoms with van der Waals surface area (Å²) in [4.78, 5) is 15.8. The maximum atomic E-state index is 11.9. The standard InChI is InChI=1S/C15H18N2O3/c1-10(3-4-12-5-7-13(18)8-6-12)17-15(19)14-11(2)20-9-16-14/h5-10,18H,3-4H2,1-2H3,(H,17,19)/t10-/m0/s1. The SMILES string of the molecule is Cc1ocnc1C(=O)N[C@@H](C)CCc1ccc(O)cc1. The lowest BCUT2D eigenvalue weighted by atomic mass is 10.1. The molecule has 1 aromatic carbocycles. The van der Waals surface area contributed by atoms with Crippen molar-refractivity contribution in [2.45, 2.75) is 32.7 Å². The first-order chi connectivity index (χ1) is 9.56. The number of hydrogen-bond donors (Lipinski definition) is 2. The molecule has 0 saturated carbocycles. The molecule has 0 aliphatic carbocycles. The van der Waals surface area contributed by atoms with Gasteiger partial charge in [-0.1, -0.05) is 12.1 Å². The third-order valence-corrected chi connectivity index (χ3v) is 3.14. The van der Waals surface area contributed by atoms with Gasteiger partial charge in [-0.2, -0.15) is 0 Å². The molecule has 2 N–H and O–H groups in total. The van der Waals surface area contributed by atoms with Crippen LogP contribution in [0.15, 0.2) is 35.1 Å². The van der Waals surface area contributed by atoms with Crippen LogP contribution in [0.25, 0.3) is 0 Å². The smallest absolute Gasteiger partial charge is 0.273 e. The number of amides is 1. The number of oxazole rings is 1. The van der Waals surface area contributed by atoms with Crippen molar-refractivity contribution in [3.8, 4) is 5.75 Å². The molecule has 0 aliphatic rings. The number of aryl methyl sites for hydroxylation is 2. The van der Waals surface area contributed by atoms with Crippen molar-refractivity contribution in [3.05, 3.63) is 47.7 Å². The molecule has 2 aromatic rings. The molecule has 2 rings (SSSR count). The number of rotatable bonds is 5. The summed E-state index contributed by atoms with van der Waals surface area (Å²) < 4.78 is 5.01. The van der Waals surface area contributed by atoms with E-state index in [1.165, 1.54) is 6.39 Å². The van der Waals surface area contributed by atoms with Crippen LogP contribution in [0.3, 0.4) is 0 Å². The van der Waals surface area contributed by atoms with E-state index in [9.17, 15) is 9.90 Å². The van der Waals surface area contributed by atoms with Crippen molar-refractivity contribution >= 4 is 5.91 Å². The first-order valence-corrected chi connectivity index (χ1v) is 6.55. The zero-order valence-corrected chi connectivity index (χ0v) is 11.6.